The van der Waals surface area contributed by atoms with Crippen LogP contribution in [0, 0.1) is 16.0 Å². The number of amides is 1. The van der Waals surface area contributed by atoms with Crippen molar-refractivity contribution in [2.45, 2.75) is 30.8 Å². The maximum Gasteiger partial charge on any atom is 0.289 e. The van der Waals surface area contributed by atoms with Gasteiger partial charge in [-0.2, -0.15) is 0 Å². The fourth-order valence-electron chi connectivity index (χ4n) is 2.69. The molecular weight excluding hydrogens is 428 g/mol. The monoisotopic (exact) mass is 446 g/mol. The van der Waals surface area contributed by atoms with Gasteiger partial charge in [-0.05, 0) is 34.0 Å². The highest BCUT2D eigenvalue weighted by Gasteiger charge is 2.26. The predicted octanol–water partition coefficient (Wildman–Crippen LogP) is 4.36. The number of nitro groups is 1. The molecular formula is C19H19ClN6O3S. The third kappa shape index (κ3) is 5.33. The molecule has 30 heavy (non-hydrogen) atoms. The fraction of sp³-hybridized carbons (Fsp3) is 0.263. The van der Waals surface area contributed by atoms with Gasteiger partial charge in [-0.25, -0.2) is 4.68 Å². The smallest absolute Gasteiger partial charge is 0.289 e. The highest BCUT2D eigenvalue weighted by Crippen LogP contribution is 2.36. The van der Waals surface area contributed by atoms with Crippen LogP contribution in [-0.4, -0.2) is 31.0 Å². The number of carbonyl (C=O) groups is 1. The number of nitrogens with one attached hydrogen (secondary N) is 1. The van der Waals surface area contributed by atoms with E-state index in [4.69, 9.17) is 11.6 Å². The molecule has 1 amide bonds. The maximum atomic E-state index is 13.1. The molecule has 0 spiro atoms. The van der Waals surface area contributed by atoms with Crippen LogP contribution in [0.2, 0.25) is 5.02 Å². The van der Waals surface area contributed by atoms with E-state index in [1.807, 2.05) is 44.2 Å². The average Bonchev–Trinajstić information content (AvgIpc) is 3.14. The quantitative estimate of drug-likeness (QED) is 0.310. The first-order chi connectivity index (χ1) is 14.3. The topological polar surface area (TPSA) is 116 Å². The Morgan fingerprint density at radius 2 is 2.00 bits per heavy atom. The van der Waals surface area contributed by atoms with Crippen molar-refractivity contribution in [3.8, 4) is 0 Å². The van der Waals surface area contributed by atoms with E-state index in [2.05, 4.69) is 20.8 Å². The number of hydrogen-bond acceptors (Lipinski definition) is 7. The molecule has 0 aliphatic heterocycles. The Bertz CT molecular complexity index is 1040. The summed E-state index contributed by atoms with van der Waals surface area (Å²) in [6.45, 7) is 4.71. The molecule has 1 unspecified atom stereocenters. The number of aromatic nitrogens is 4. The molecule has 1 aromatic heterocycles. The minimum absolute atomic E-state index is 0.000144. The summed E-state index contributed by atoms with van der Waals surface area (Å²) in [7, 11) is 0. The Hall–Kier alpha value is -2.98. The van der Waals surface area contributed by atoms with Crippen LogP contribution in [0.15, 0.2) is 53.7 Å². The van der Waals surface area contributed by atoms with E-state index in [0.29, 0.717) is 17.6 Å². The van der Waals surface area contributed by atoms with E-state index in [9.17, 15) is 14.9 Å². The lowest BCUT2D eigenvalue weighted by atomic mass is 10.1. The number of rotatable bonds is 8. The van der Waals surface area contributed by atoms with Gasteiger partial charge in [-0.1, -0.05) is 67.5 Å². The van der Waals surface area contributed by atoms with Crippen LogP contribution >= 0.6 is 23.4 Å². The lowest BCUT2D eigenvalue weighted by Crippen LogP contribution is -2.20. The van der Waals surface area contributed by atoms with E-state index in [1.165, 1.54) is 30.0 Å². The molecule has 9 nitrogen and oxygen atoms in total. The summed E-state index contributed by atoms with van der Waals surface area (Å²) in [5.41, 5.74) is 0.751. The van der Waals surface area contributed by atoms with Crippen molar-refractivity contribution in [2.24, 2.45) is 5.92 Å². The van der Waals surface area contributed by atoms with Crippen molar-refractivity contribution in [1.29, 1.82) is 0 Å². The van der Waals surface area contributed by atoms with Crippen molar-refractivity contribution < 1.29 is 9.72 Å². The predicted molar refractivity (Wildman–Crippen MR) is 114 cm³/mol. The summed E-state index contributed by atoms with van der Waals surface area (Å²) in [5, 5.41) is 25.5. The molecule has 0 fully saturated rings. The van der Waals surface area contributed by atoms with Crippen LogP contribution < -0.4 is 5.32 Å². The number of halogens is 1. The van der Waals surface area contributed by atoms with Crippen LogP contribution in [0.4, 0.5) is 11.4 Å². The molecule has 3 rings (SSSR count). The number of hydrogen-bond donors (Lipinski definition) is 1. The third-order valence-corrected chi connectivity index (χ3v) is 5.56. The van der Waals surface area contributed by atoms with Gasteiger partial charge in [0.05, 0.1) is 4.92 Å². The zero-order valence-electron chi connectivity index (χ0n) is 16.2. The minimum Gasteiger partial charge on any atom is -0.325 e. The SMILES string of the molecule is CC(C)Cn1nnnc1SC(C(=O)Nc1ccc(Cl)c([N+](=O)[O-])c1)c1ccccc1. The molecule has 1 N–H and O–H groups in total. The molecule has 0 aliphatic carbocycles. The van der Waals surface area contributed by atoms with Gasteiger partial charge < -0.3 is 5.32 Å². The standard InChI is InChI=1S/C19H19ClN6O3S/c1-12(2)11-25-19(22-23-24-25)30-17(13-6-4-3-5-7-13)18(27)21-14-8-9-15(20)16(10-14)26(28)29/h3-10,12,17H,11H2,1-2H3,(H,21,27). The third-order valence-electron chi connectivity index (χ3n) is 4.01. The zero-order chi connectivity index (χ0) is 21.7. The first kappa shape index (κ1) is 21.7. The Balaban J connectivity index is 1.88. The Morgan fingerprint density at radius 1 is 1.27 bits per heavy atom. The number of nitrogens with zero attached hydrogens (tertiary/aromatic N) is 5. The lowest BCUT2D eigenvalue weighted by Gasteiger charge is -2.17. The molecule has 0 aliphatic rings. The van der Waals surface area contributed by atoms with Crippen LogP contribution in [0.25, 0.3) is 0 Å². The van der Waals surface area contributed by atoms with Gasteiger partial charge >= 0.3 is 0 Å². The van der Waals surface area contributed by atoms with Gasteiger partial charge in [0.15, 0.2) is 0 Å². The van der Waals surface area contributed by atoms with E-state index >= 15 is 0 Å². The Labute approximate surface area is 182 Å². The van der Waals surface area contributed by atoms with Gasteiger partial charge in [0.1, 0.15) is 10.3 Å². The van der Waals surface area contributed by atoms with Gasteiger partial charge in [0.2, 0.25) is 11.1 Å². The van der Waals surface area contributed by atoms with E-state index in [1.54, 1.807) is 4.68 Å². The number of carbonyl (C=O) groups excluding carboxylic acids is 1. The van der Waals surface area contributed by atoms with Gasteiger partial charge in [0, 0.05) is 18.3 Å². The second-order valence-corrected chi connectivity index (χ2v) is 8.34. The minimum atomic E-state index is -0.669. The second kappa shape index (κ2) is 9.68. The second-order valence-electron chi connectivity index (χ2n) is 6.86. The van der Waals surface area contributed by atoms with E-state index < -0.39 is 10.2 Å². The molecule has 0 saturated carbocycles. The summed E-state index contributed by atoms with van der Waals surface area (Å²) in [5.74, 6) is -0.0339. The lowest BCUT2D eigenvalue weighted by molar-refractivity contribution is -0.384. The van der Waals surface area contributed by atoms with Crippen LogP contribution in [0.3, 0.4) is 0 Å². The summed E-state index contributed by atoms with van der Waals surface area (Å²) >= 11 is 7.07. The number of tetrazole rings is 1. The average molecular weight is 447 g/mol. The number of anilines is 1. The van der Waals surface area contributed by atoms with Crippen molar-refractivity contribution >= 4 is 40.6 Å². The first-order valence-electron chi connectivity index (χ1n) is 9.07. The first-order valence-corrected chi connectivity index (χ1v) is 10.3. The summed E-state index contributed by atoms with van der Waals surface area (Å²) < 4.78 is 1.66. The number of benzene rings is 2. The van der Waals surface area contributed by atoms with Crippen LogP contribution in [0.1, 0.15) is 24.7 Å². The van der Waals surface area contributed by atoms with Gasteiger partial charge in [0.25, 0.3) is 5.69 Å². The highest BCUT2D eigenvalue weighted by atomic mass is 35.5. The maximum absolute atomic E-state index is 13.1. The van der Waals surface area contributed by atoms with Crippen LogP contribution in [-0.2, 0) is 11.3 Å². The summed E-state index contributed by atoms with van der Waals surface area (Å²) in [6.07, 6.45) is 0. The molecule has 0 bridgehead atoms. The number of nitro benzene ring substituents is 1. The Kier molecular flexibility index (Phi) is 7.01. The van der Waals surface area contributed by atoms with Crippen molar-refractivity contribution in [3.63, 3.8) is 0 Å². The molecule has 0 radical (unpaired) electrons. The van der Waals surface area contributed by atoms with E-state index in [-0.39, 0.29) is 22.3 Å². The summed E-state index contributed by atoms with van der Waals surface area (Å²) in [4.78, 5) is 23.7. The van der Waals surface area contributed by atoms with Gasteiger partial charge in [-0.15, -0.1) is 5.10 Å². The molecule has 1 heterocycles. The molecule has 156 valence electrons. The molecule has 0 saturated heterocycles. The fourth-order valence-corrected chi connectivity index (χ4v) is 3.86. The Morgan fingerprint density at radius 3 is 2.67 bits per heavy atom. The largest absolute Gasteiger partial charge is 0.325 e. The van der Waals surface area contributed by atoms with Gasteiger partial charge in [-0.3, -0.25) is 14.9 Å². The van der Waals surface area contributed by atoms with Crippen molar-refractivity contribution in [3.05, 3.63) is 69.2 Å². The van der Waals surface area contributed by atoms with Crippen molar-refractivity contribution in [2.75, 3.05) is 5.32 Å². The molecule has 3 aromatic rings. The zero-order valence-corrected chi connectivity index (χ0v) is 17.8. The molecule has 1 atom stereocenters. The van der Waals surface area contributed by atoms with Crippen molar-refractivity contribution in [1.82, 2.24) is 20.2 Å². The molecule has 2 aromatic carbocycles. The highest BCUT2D eigenvalue weighted by molar-refractivity contribution is 8.00. The normalized spacial score (nSPS) is 12.0. The van der Waals surface area contributed by atoms with E-state index in [0.717, 1.165) is 5.56 Å². The molecule has 11 heteroatoms. The number of thioether (sulfide) groups is 1. The summed E-state index contributed by atoms with van der Waals surface area (Å²) in [6, 6.07) is 13.3. The van der Waals surface area contributed by atoms with Crippen LogP contribution in [0.5, 0.6) is 0 Å².